The van der Waals surface area contributed by atoms with Gasteiger partial charge in [0.2, 0.25) is 0 Å². The van der Waals surface area contributed by atoms with Gasteiger partial charge in [0.15, 0.2) is 0 Å². The maximum Gasteiger partial charge on any atom is 0.137 e. The second-order valence-electron chi connectivity index (χ2n) is 18.8. The van der Waals surface area contributed by atoms with Crippen molar-refractivity contribution >= 4 is 173 Å². The fourth-order valence-electron chi connectivity index (χ4n) is 11.4. The maximum atomic E-state index is 6.83. The zero-order chi connectivity index (χ0) is 47.0. The second kappa shape index (κ2) is 15.3. The standard InChI is InChI=1S/C66H38N2O2S2/c1-3-11-41-33-43(19-17-39(41)9-1)67(45-23-31-63-55(35-45)49-13-5-7-15-61(49)71-63)47-21-25-53-59(37-47)69-57-29-27-52-51(65(53)57)28-30-58-66(52)54-26-22-48(38-60(54)70-58)68(44-20-18-40-10-2-4-12-42(40)34-44)46-24-32-64-56(36-46)50-14-6-8-16-62(50)72-64/h1-38H. The average molecular weight is 955 g/mol. The van der Waals surface area contributed by atoms with Gasteiger partial charge in [0.05, 0.1) is 0 Å². The van der Waals surface area contributed by atoms with Crippen LogP contribution >= 0.6 is 22.7 Å². The predicted octanol–water partition coefficient (Wildman–Crippen LogP) is 20.6. The Kier molecular flexibility index (Phi) is 8.46. The van der Waals surface area contributed by atoms with Crippen molar-refractivity contribution < 1.29 is 8.83 Å². The third-order valence-corrected chi connectivity index (χ3v) is 17.1. The summed E-state index contributed by atoms with van der Waals surface area (Å²) in [5, 5.41) is 16.5. The molecule has 4 heterocycles. The van der Waals surface area contributed by atoms with Crippen LogP contribution in [0.25, 0.3) is 117 Å². The number of rotatable bonds is 6. The lowest BCUT2D eigenvalue weighted by Crippen LogP contribution is -2.09. The van der Waals surface area contributed by atoms with Gasteiger partial charge < -0.3 is 18.6 Å². The molecule has 0 radical (unpaired) electrons. The lowest BCUT2D eigenvalue weighted by molar-refractivity contribution is 0.668. The molecule has 4 nitrogen and oxygen atoms in total. The van der Waals surface area contributed by atoms with Crippen LogP contribution in [0.3, 0.4) is 0 Å². The van der Waals surface area contributed by atoms with Gasteiger partial charge in [-0.2, -0.15) is 0 Å². The van der Waals surface area contributed by atoms with Crippen molar-refractivity contribution in [1.29, 1.82) is 0 Å². The molecule has 12 aromatic carbocycles. The van der Waals surface area contributed by atoms with Crippen molar-refractivity contribution in [3.8, 4) is 0 Å². The van der Waals surface area contributed by atoms with E-state index in [4.69, 9.17) is 8.83 Å². The van der Waals surface area contributed by atoms with E-state index in [0.717, 1.165) is 88.8 Å². The van der Waals surface area contributed by atoms with Crippen LogP contribution in [0, 0.1) is 0 Å². The fraction of sp³-hybridized carbons (Fsp3) is 0. The van der Waals surface area contributed by atoms with Crippen LogP contribution < -0.4 is 9.80 Å². The Bertz CT molecular complexity index is 4610. The molecule has 72 heavy (non-hydrogen) atoms. The third-order valence-electron chi connectivity index (χ3n) is 14.8. The first kappa shape index (κ1) is 39.9. The van der Waals surface area contributed by atoms with Gasteiger partial charge in [-0.05, 0) is 154 Å². The highest BCUT2D eigenvalue weighted by molar-refractivity contribution is 7.26. The SMILES string of the molecule is c1ccc2cc(N(c3ccc4c(c3)oc3ccc5c(ccc6oc7cc(N(c8ccc9ccccc9c8)c8ccc9sc%10ccccc%10c9c8)ccc7c65)c34)c3ccc4sc5ccccc5c4c3)ccc2c1. The first-order valence-electron chi connectivity index (χ1n) is 24.3. The summed E-state index contributed by atoms with van der Waals surface area (Å²) >= 11 is 3.68. The van der Waals surface area contributed by atoms with Gasteiger partial charge in [0, 0.05) is 108 Å². The minimum Gasteiger partial charge on any atom is -0.456 e. The summed E-state index contributed by atoms with van der Waals surface area (Å²) in [6, 6.07) is 83.8. The average Bonchev–Trinajstić information content (AvgIpc) is 4.21. The molecular formula is C66H38N2O2S2. The van der Waals surface area contributed by atoms with Crippen LogP contribution in [0.4, 0.5) is 34.1 Å². The van der Waals surface area contributed by atoms with E-state index in [1.165, 1.54) is 61.9 Å². The summed E-state index contributed by atoms with van der Waals surface area (Å²) in [6.07, 6.45) is 0. The van der Waals surface area contributed by atoms with Crippen LogP contribution in [0.1, 0.15) is 0 Å². The number of anilines is 6. The Balaban J connectivity index is 0.839. The third kappa shape index (κ3) is 6.03. The van der Waals surface area contributed by atoms with Crippen molar-refractivity contribution in [2.45, 2.75) is 0 Å². The molecule has 0 aliphatic rings. The number of hydrogen-bond acceptors (Lipinski definition) is 6. The molecule has 6 heteroatoms. The molecule has 0 saturated carbocycles. The summed E-state index contributed by atoms with van der Waals surface area (Å²) in [6.45, 7) is 0. The smallest absolute Gasteiger partial charge is 0.137 e. The van der Waals surface area contributed by atoms with E-state index in [-0.39, 0.29) is 0 Å². The number of thiophene rings is 2. The molecule has 0 bridgehead atoms. The van der Waals surface area contributed by atoms with Crippen LogP contribution in [-0.4, -0.2) is 0 Å². The van der Waals surface area contributed by atoms with Gasteiger partial charge >= 0.3 is 0 Å². The largest absolute Gasteiger partial charge is 0.456 e. The van der Waals surface area contributed by atoms with Gasteiger partial charge in [-0.1, -0.05) is 97.1 Å². The molecular weight excluding hydrogens is 917 g/mol. The fourth-order valence-corrected chi connectivity index (χ4v) is 13.6. The first-order valence-corrected chi connectivity index (χ1v) is 25.9. The minimum absolute atomic E-state index is 0.840. The molecule has 16 aromatic rings. The van der Waals surface area contributed by atoms with Crippen LogP contribution in [-0.2, 0) is 0 Å². The first-order chi connectivity index (χ1) is 35.6. The van der Waals surface area contributed by atoms with E-state index in [9.17, 15) is 0 Å². The Morgan fingerprint density at radius 3 is 1.08 bits per heavy atom. The molecule has 4 aromatic heterocycles. The molecule has 0 N–H and O–H groups in total. The van der Waals surface area contributed by atoms with E-state index < -0.39 is 0 Å². The van der Waals surface area contributed by atoms with E-state index in [2.05, 4.69) is 240 Å². The van der Waals surface area contributed by atoms with E-state index in [0.29, 0.717) is 0 Å². The van der Waals surface area contributed by atoms with Crippen molar-refractivity contribution in [1.82, 2.24) is 0 Å². The Morgan fingerprint density at radius 2 is 0.597 bits per heavy atom. The molecule has 0 atom stereocenters. The Hall–Kier alpha value is -8.94. The highest BCUT2D eigenvalue weighted by atomic mass is 32.1. The van der Waals surface area contributed by atoms with E-state index >= 15 is 0 Å². The van der Waals surface area contributed by atoms with E-state index in [1.54, 1.807) is 0 Å². The number of hydrogen-bond donors (Lipinski definition) is 0. The summed E-state index contributed by atoms with van der Waals surface area (Å²) < 4.78 is 18.8. The molecule has 0 aliphatic heterocycles. The molecule has 0 aliphatic carbocycles. The Morgan fingerprint density at radius 1 is 0.236 bits per heavy atom. The topological polar surface area (TPSA) is 32.8 Å². The molecule has 0 spiro atoms. The number of benzene rings is 12. The zero-order valence-corrected chi connectivity index (χ0v) is 40.1. The monoisotopic (exact) mass is 954 g/mol. The highest BCUT2D eigenvalue weighted by Crippen LogP contribution is 2.47. The summed E-state index contributed by atoms with van der Waals surface area (Å²) in [5.41, 5.74) is 9.81. The van der Waals surface area contributed by atoms with Gasteiger partial charge in [-0.3, -0.25) is 0 Å². The van der Waals surface area contributed by atoms with Gasteiger partial charge in [-0.25, -0.2) is 0 Å². The molecule has 0 unspecified atom stereocenters. The van der Waals surface area contributed by atoms with Gasteiger partial charge in [0.25, 0.3) is 0 Å². The second-order valence-corrected chi connectivity index (χ2v) is 21.0. The lowest BCUT2D eigenvalue weighted by Gasteiger charge is -2.26. The van der Waals surface area contributed by atoms with Gasteiger partial charge in [0.1, 0.15) is 22.3 Å². The predicted molar refractivity (Wildman–Crippen MR) is 309 cm³/mol. The molecule has 336 valence electrons. The molecule has 16 rings (SSSR count). The van der Waals surface area contributed by atoms with Crippen LogP contribution in [0.2, 0.25) is 0 Å². The summed E-state index contributed by atoms with van der Waals surface area (Å²) in [4.78, 5) is 4.73. The molecule has 0 saturated heterocycles. The quantitative estimate of drug-likeness (QED) is 0.166. The minimum atomic E-state index is 0.840. The van der Waals surface area contributed by atoms with E-state index in [1.807, 2.05) is 22.7 Å². The Labute approximate surface area is 420 Å². The summed E-state index contributed by atoms with van der Waals surface area (Å²) in [7, 11) is 0. The summed E-state index contributed by atoms with van der Waals surface area (Å²) in [5.74, 6) is 0. The van der Waals surface area contributed by atoms with Crippen LogP contribution in [0.15, 0.2) is 239 Å². The van der Waals surface area contributed by atoms with Gasteiger partial charge in [-0.15, -0.1) is 22.7 Å². The lowest BCUT2D eigenvalue weighted by atomic mass is 9.99. The number of nitrogens with zero attached hydrogens (tertiary/aromatic N) is 2. The number of furan rings is 2. The van der Waals surface area contributed by atoms with Crippen LogP contribution in [0.5, 0.6) is 0 Å². The number of fused-ring (bicyclic) bond motifs is 17. The van der Waals surface area contributed by atoms with Crippen molar-refractivity contribution in [3.63, 3.8) is 0 Å². The normalized spacial score (nSPS) is 12.2. The maximum absolute atomic E-state index is 6.83. The molecule has 0 amide bonds. The van der Waals surface area contributed by atoms with Crippen molar-refractivity contribution in [2.24, 2.45) is 0 Å². The highest BCUT2D eigenvalue weighted by Gasteiger charge is 2.22. The molecule has 0 fully saturated rings. The van der Waals surface area contributed by atoms with Crippen molar-refractivity contribution in [3.05, 3.63) is 231 Å². The zero-order valence-electron chi connectivity index (χ0n) is 38.5. The van der Waals surface area contributed by atoms with Crippen molar-refractivity contribution in [2.75, 3.05) is 9.80 Å².